The van der Waals surface area contributed by atoms with Crippen molar-refractivity contribution in [2.75, 3.05) is 7.11 Å². The lowest BCUT2D eigenvalue weighted by molar-refractivity contribution is -0.00000606. The monoisotopic (exact) mass is 417 g/mol. The molecule has 148 valence electrons. The highest BCUT2D eigenvalue weighted by Gasteiger charge is 2.13. The molecule has 2 aromatic carbocycles. The average Bonchev–Trinajstić information content (AvgIpc) is 2.72. The van der Waals surface area contributed by atoms with Crippen molar-refractivity contribution in [1.29, 1.82) is 0 Å². The summed E-state index contributed by atoms with van der Waals surface area (Å²) in [5.74, 6) is 1.17. The summed E-state index contributed by atoms with van der Waals surface area (Å²) in [4.78, 5) is 4.09. The smallest absolute Gasteiger partial charge is 0.180 e. The van der Waals surface area contributed by atoms with Gasteiger partial charge in [-0.25, -0.2) is 0 Å². The Balaban J connectivity index is 0.00000280. The van der Waals surface area contributed by atoms with Crippen LogP contribution in [0, 0.1) is 0 Å². The minimum atomic E-state index is 0. The first-order chi connectivity index (χ1) is 13.2. The van der Waals surface area contributed by atoms with E-state index in [9.17, 15) is 0 Å². The predicted octanol–water partition coefficient (Wildman–Crippen LogP) is 2.18. The molecule has 0 aliphatic carbocycles. The van der Waals surface area contributed by atoms with Crippen molar-refractivity contribution in [1.82, 2.24) is 10.3 Å². The fourth-order valence-corrected chi connectivity index (χ4v) is 3.07. The maximum absolute atomic E-state index is 6.46. The molecular formula is C22H23Cl2N2O2-. The molecule has 1 aromatic heterocycles. The Morgan fingerprint density at radius 1 is 1.07 bits per heavy atom. The van der Waals surface area contributed by atoms with Crippen LogP contribution in [0.25, 0.3) is 0 Å². The summed E-state index contributed by atoms with van der Waals surface area (Å²) in [5.41, 5.74) is 3.25. The Kier molecular flexibility index (Phi) is 8.58. The molecule has 28 heavy (non-hydrogen) atoms. The molecule has 0 amide bonds. The van der Waals surface area contributed by atoms with Gasteiger partial charge in [0.1, 0.15) is 6.61 Å². The number of aromatic nitrogens is 1. The van der Waals surface area contributed by atoms with Crippen LogP contribution in [0.4, 0.5) is 0 Å². The molecule has 6 heteroatoms. The van der Waals surface area contributed by atoms with Crippen molar-refractivity contribution >= 4 is 11.6 Å². The van der Waals surface area contributed by atoms with Gasteiger partial charge < -0.3 is 27.2 Å². The van der Waals surface area contributed by atoms with Gasteiger partial charge in [-0.15, -0.1) is 0 Å². The van der Waals surface area contributed by atoms with E-state index >= 15 is 0 Å². The molecule has 0 fully saturated rings. The molecule has 0 spiro atoms. The van der Waals surface area contributed by atoms with Gasteiger partial charge in [-0.3, -0.25) is 4.98 Å². The summed E-state index contributed by atoms with van der Waals surface area (Å²) in [6.07, 6.45) is 3.50. The van der Waals surface area contributed by atoms with Crippen LogP contribution >= 0.6 is 11.6 Å². The lowest BCUT2D eigenvalue weighted by Crippen LogP contribution is -3.00. The zero-order valence-electron chi connectivity index (χ0n) is 15.9. The van der Waals surface area contributed by atoms with E-state index in [4.69, 9.17) is 21.1 Å². The summed E-state index contributed by atoms with van der Waals surface area (Å²) < 4.78 is 11.4. The highest BCUT2D eigenvalue weighted by molar-refractivity contribution is 6.32. The van der Waals surface area contributed by atoms with Gasteiger partial charge in [0, 0.05) is 30.5 Å². The van der Waals surface area contributed by atoms with E-state index in [0.717, 1.165) is 11.1 Å². The van der Waals surface area contributed by atoms with Crippen LogP contribution in [0.3, 0.4) is 0 Å². The van der Waals surface area contributed by atoms with Crippen molar-refractivity contribution < 1.29 is 21.9 Å². The number of benzene rings is 2. The fourth-order valence-electron chi connectivity index (χ4n) is 2.78. The summed E-state index contributed by atoms with van der Waals surface area (Å²) in [6, 6.07) is 18.3. The van der Waals surface area contributed by atoms with Gasteiger partial charge >= 0.3 is 0 Å². The number of methoxy groups -OCH3 is 1. The molecular weight excluding hydrogens is 395 g/mol. The van der Waals surface area contributed by atoms with E-state index in [1.807, 2.05) is 42.5 Å². The van der Waals surface area contributed by atoms with Crippen LogP contribution < -0.4 is 27.2 Å². The van der Waals surface area contributed by atoms with Crippen molar-refractivity contribution in [2.45, 2.75) is 26.1 Å². The standard InChI is InChI=1S/C22H23ClN2O2.ClH/c1-16(19-8-4-3-5-9-19)25-14-18-11-20(23)22(21(12-18)26-2)27-15-17-7-6-10-24-13-17;/h3-13,16,25H,14-15H2,1-2H3;1H/p-1. The third kappa shape index (κ3) is 5.86. The van der Waals surface area contributed by atoms with Gasteiger partial charge in [-0.05, 0) is 36.2 Å². The van der Waals surface area contributed by atoms with Gasteiger partial charge in [0.05, 0.1) is 12.1 Å². The largest absolute Gasteiger partial charge is 1.00 e. The summed E-state index contributed by atoms with van der Waals surface area (Å²) >= 11 is 6.46. The minimum Gasteiger partial charge on any atom is -1.00 e. The van der Waals surface area contributed by atoms with Gasteiger partial charge in [-0.2, -0.15) is 0 Å². The number of hydrogen-bond donors (Lipinski definition) is 1. The number of rotatable bonds is 8. The number of ether oxygens (including phenoxy) is 2. The number of pyridine rings is 1. The van der Waals surface area contributed by atoms with Crippen LogP contribution in [0.1, 0.15) is 29.7 Å². The molecule has 1 heterocycles. The lowest BCUT2D eigenvalue weighted by atomic mass is 10.1. The van der Waals surface area contributed by atoms with Crippen molar-refractivity contribution in [3.63, 3.8) is 0 Å². The Bertz CT molecular complexity index is 861. The first-order valence-corrected chi connectivity index (χ1v) is 9.21. The van der Waals surface area contributed by atoms with Crippen molar-refractivity contribution in [3.05, 3.63) is 88.7 Å². The third-order valence-electron chi connectivity index (χ3n) is 4.31. The predicted molar refractivity (Wildman–Crippen MR) is 108 cm³/mol. The Hall–Kier alpha value is -2.27. The lowest BCUT2D eigenvalue weighted by Gasteiger charge is -2.17. The van der Waals surface area contributed by atoms with E-state index in [0.29, 0.717) is 29.7 Å². The van der Waals surface area contributed by atoms with E-state index in [2.05, 4.69) is 29.4 Å². The third-order valence-corrected chi connectivity index (χ3v) is 4.59. The maximum atomic E-state index is 6.46. The highest BCUT2D eigenvalue weighted by Crippen LogP contribution is 2.37. The first kappa shape index (κ1) is 22.0. The van der Waals surface area contributed by atoms with Gasteiger partial charge in [0.15, 0.2) is 11.5 Å². The molecule has 4 nitrogen and oxygen atoms in total. The second-order valence-corrected chi connectivity index (χ2v) is 6.68. The average molecular weight is 418 g/mol. The molecule has 0 saturated heterocycles. The number of halogens is 2. The van der Waals surface area contributed by atoms with E-state index < -0.39 is 0 Å². The highest BCUT2D eigenvalue weighted by atomic mass is 35.5. The van der Waals surface area contributed by atoms with Crippen molar-refractivity contribution in [2.24, 2.45) is 0 Å². The molecule has 0 radical (unpaired) electrons. The number of nitrogens with one attached hydrogen (secondary N) is 1. The second kappa shape index (κ2) is 10.9. The van der Waals surface area contributed by atoms with Crippen LogP contribution in [0.15, 0.2) is 67.0 Å². The SMILES string of the molecule is COc1cc(CNC(C)c2ccccc2)cc(Cl)c1OCc1cccnc1.[Cl-]. The molecule has 3 aromatic rings. The molecule has 1 N–H and O–H groups in total. The molecule has 0 aliphatic rings. The van der Waals surface area contributed by atoms with Gasteiger partial charge in [0.2, 0.25) is 0 Å². The zero-order chi connectivity index (χ0) is 19.1. The normalized spacial score (nSPS) is 11.4. The maximum Gasteiger partial charge on any atom is 0.180 e. The van der Waals surface area contributed by atoms with Crippen LogP contribution in [-0.4, -0.2) is 12.1 Å². The number of hydrogen-bond acceptors (Lipinski definition) is 4. The minimum absolute atomic E-state index is 0. The summed E-state index contributed by atoms with van der Waals surface area (Å²) in [5, 5.41) is 4.04. The Morgan fingerprint density at radius 3 is 2.54 bits per heavy atom. The van der Waals surface area contributed by atoms with E-state index in [-0.39, 0.29) is 18.4 Å². The molecule has 0 saturated carbocycles. The molecule has 3 rings (SSSR count). The Morgan fingerprint density at radius 2 is 1.86 bits per heavy atom. The molecule has 1 unspecified atom stereocenters. The summed E-state index contributed by atoms with van der Waals surface area (Å²) in [6.45, 7) is 3.20. The Labute approximate surface area is 177 Å². The first-order valence-electron chi connectivity index (χ1n) is 8.84. The fraction of sp³-hybridized carbons (Fsp3) is 0.227. The zero-order valence-corrected chi connectivity index (χ0v) is 17.4. The topological polar surface area (TPSA) is 43.4 Å². The van der Waals surface area contributed by atoms with Crippen molar-refractivity contribution in [3.8, 4) is 11.5 Å². The molecule has 0 bridgehead atoms. The van der Waals surface area contributed by atoms with Gasteiger partial charge in [0.25, 0.3) is 0 Å². The molecule has 1 atom stereocenters. The van der Waals surface area contributed by atoms with Crippen LogP contribution in [0.2, 0.25) is 5.02 Å². The summed E-state index contributed by atoms with van der Waals surface area (Å²) in [7, 11) is 1.62. The van der Waals surface area contributed by atoms with Crippen LogP contribution in [0.5, 0.6) is 11.5 Å². The number of nitrogens with zero attached hydrogens (tertiary/aromatic N) is 1. The second-order valence-electron chi connectivity index (χ2n) is 6.27. The quantitative estimate of drug-likeness (QED) is 0.609. The van der Waals surface area contributed by atoms with Crippen LogP contribution in [-0.2, 0) is 13.2 Å². The van der Waals surface area contributed by atoms with Gasteiger partial charge in [-0.1, -0.05) is 48.0 Å². The van der Waals surface area contributed by atoms with E-state index in [1.54, 1.807) is 19.5 Å². The molecule has 0 aliphatic heterocycles. The van der Waals surface area contributed by atoms with E-state index in [1.165, 1.54) is 5.56 Å².